The van der Waals surface area contributed by atoms with Gasteiger partial charge in [-0.15, -0.1) is 0 Å². The number of carbonyl (C=O) groups is 2. The zero-order chi connectivity index (χ0) is 16.2. The minimum absolute atomic E-state index is 0.150. The lowest BCUT2D eigenvalue weighted by Crippen LogP contribution is -2.32. The first kappa shape index (κ1) is 15.0. The Kier molecular flexibility index (Phi) is 4.24. The number of hydrogen-bond acceptors (Lipinski definition) is 6. The number of furan rings is 1. The summed E-state index contributed by atoms with van der Waals surface area (Å²) in [4.78, 5) is 27.9. The number of rotatable bonds is 5. The van der Waals surface area contributed by atoms with Crippen LogP contribution < -0.4 is 15.4 Å². The van der Waals surface area contributed by atoms with Crippen molar-refractivity contribution in [3.63, 3.8) is 0 Å². The Hall–Kier alpha value is -2.87. The van der Waals surface area contributed by atoms with Gasteiger partial charge in [-0.05, 0) is 24.3 Å². The highest BCUT2D eigenvalue weighted by molar-refractivity contribution is 7.22. The summed E-state index contributed by atoms with van der Waals surface area (Å²) in [5.74, 6) is 0.00204. The summed E-state index contributed by atoms with van der Waals surface area (Å²) in [7, 11) is 1.59. The second kappa shape index (κ2) is 6.49. The maximum atomic E-state index is 11.9. The summed E-state index contributed by atoms with van der Waals surface area (Å²) in [6, 6.07) is 7.00. The van der Waals surface area contributed by atoms with Crippen molar-refractivity contribution in [1.82, 2.24) is 10.3 Å². The van der Waals surface area contributed by atoms with Crippen LogP contribution in [0.4, 0.5) is 5.13 Å². The summed E-state index contributed by atoms with van der Waals surface area (Å²) in [6.45, 7) is -0.150. The molecule has 8 heteroatoms. The van der Waals surface area contributed by atoms with Crippen LogP contribution in [0, 0.1) is 0 Å². The molecule has 118 valence electrons. The van der Waals surface area contributed by atoms with Gasteiger partial charge in [-0.3, -0.25) is 9.59 Å². The maximum absolute atomic E-state index is 11.9. The van der Waals surface area contributed by atoms with E-state index >= 15 is 0 Å². The third-order valence-corrected chi connectivity index (χ3v) is 3.97. The average molecular weight is 331 g/mol. The van der Waals surface area contributed by atoms with Crippen molar-refractivity contribution in [2.24, 2.45) is 0 Å². The zero-order valence-corrected chi connectivity index (χ0v) is 13.0. The Labute approximate surface area is 135 Å². The minimum Gasteiger partial charge on any atom is -0.497 e. The van der Waals surface area contributed by atoms with Crippen LogP contribution in [0.15, 0.2) is 41.2 Å². The summed E-state index contributed by atoms with van der Waals surface area (Å²) < 4.78 is 10.9. The molecule has 0 bridgehead atoms. The lowest BCUT2D eigenvalue weighted by molar-refractivity contribution is -0.115. The zero-order valence-electron chi connectivity index (χ0n) is 12.2. The summed E-state index contributed by atoms with van der Waals surface area (Å²) >= 11 is 1.34. The van der Waals surface area contributed by atoms with Crippen molar-refractivity contribution in [3.8, 4) is 5.75 Å². The molecule has 0 radical (unpaired) electrons. The number of methoxy groups -OCH3 is 1. The van der Waals surface area contributed by atoms with E-state index in [1.165, 1.54) is 29.9 Å². The van der Waals surface area contributed by atoms with Crippen molar-refractivity contribution in [2.45, 2.75) is 0 Å². The third-order valence-electron chi connectivity index (χ3n) is 3.03. The third kappa shape index (κ3) is 3.49. The first-order chi connectivity index (χ1) is 11.2. The summed E-state index contributed by atoms with van der Waals surface area (Å²) in [5.41, 5.74) is 1.14. The Morgan fingerprint density at radius 2 is 2.22 bits per heavy atom. The van der Waals surface area contributed by atoms with Crippen molar-refractivity contribution in [1.29, 1.82) is 0 Å². The second-order valence-electron chi connectivity index (χ2n) is 4.60. The lowest BCUT2D eigenvalue weighted by atomic mass is 10.3. The van der Waals surface area contributed by atoms with Crippen LogP contribution in [0.5, 0.6) is 5.75 Å². The van der Waals surface area contributed by atoms with Gasteiger partial charge in [0.15, 0.2) is 5.13 Å². The first-order valence-corrected chi connectivity index (χ1v) is 7.52. The van der Waals surface area contributed by atoms with Crippen LogP contribution in [0.1, 0.15) is 10.4 Å². The van der Waals surface area contributed by atoms with Gasteiger partial charge in [-0.1, -0.05) is 11.3 Å². The number of aromatic nitrogens is 1. The molecule has 23 heavy (non-hydrogen) atoms. The molecule has 2 heterocycles. The molecule has 2 amide bonds. The van der Waals surface area contributed by atoms with E-state index in [0.717, 1.165) is 16.0 Å². The van der Waals surface area contributed by atoms with Gasteiger partial charge >= 0.3 is 0 Å². The Balaban J connectivity index is 1.60. The molecule has 0 aliphatic rings. The predicted octanol–water partition coefficient (Wildman–Crippen LogP) is 2.27. The fourth-order valence-electron chi connectivity index (χ4n) is 1.91. The van der Waals surface area contributed by atoms with Crippen molar-refractivity contribution < 1.29 is 18.7 Å². The molecule has 0 fully saturated rings. The summed E-state index contributed by atoms with van der Waals surface area (Å²) in [6.07, 6.45) is 2.71. The first-order valence-electron chi connectivity index (χ1n) is 6.70. The molecule has 3 rings (SSSR count). The fourth-order valence-corrected chi connectivity index (χ4v) is 2.82. The van der Waals surface area contributed by atoms with Gasteiger partial charge in [0, 0.05) is 0 Å². The molecule has 3 aromatic rings. The number of nitrogens with one attached hydrogen (secondary N) is 2. The van der Waals surface area contributed by atoms with E-state index in [0.29, 0.717) is 10.7 Å². The molecule has 0 aliphatic heterocycles. The van der Waals surface area contributed by atoms with Crippen LogP contribution in [0.2, 0.25) is 0 Å². The highest BCUT2D eigenvalue weighted by Crippen LogP contribution is 2.28. The van der Waals surface area contributed by atoms with Crippen LogP contribution in [-0.4, -0.2) is 30.5 Å². The molecule has 2 aromatic heterocycles. The number of carbonyl (C=O) groups excluding carboxylic acids is 2. The quantitative estimate of drug-likeness (QED) is 0.748. The molecular weight excluding hydrogens is 318 g/mol. The number of anilines is 1. The minimum atomic E-state index is -0.372. The van der Waals surface area contributed by atoms with Gasteiger partial charge in [0.25, 0.3) is 5.91 Å². The van der Waals surface area contributed by atoms with E-state index in [-0.39, 0.29) is 18.4 Å². The van der Waals surface area contributed by atoms with Crippen LogP contribution >= 0.6 is 11.3 Å². The van der Waals surface area contributed by atoms with E-state index in [4.69, 9.17) is 9.15 Å². The number of hydrogen-bond donors (Lipinski definition) is 2. The Morgan fingerprint density at radius 1 is 1.35 bits per heavy atom. The SMILES string of the molecule is COc1ccc2nc(NC(=O)CNC(=O)c3ccoc3)sc2c1. The highest BCUT2D eigenvalue weighted by atomic mass is 32.1. The number of nitrogens with zero attached hydrogens (tertiary/aromatic N) is 1. The molecule has 0 aliphatic carbocycles. The number of fused-ring (bicyclic) bond motifs is 1. The van der Waals surface area contributed by atoms with Crippen LogP contribution in [0.3, 0.4) is 0 Å². The van der Waals surface area contributed by atoms with Gasteiger partial charge < -0.3 is 19.8 Å². The van der Waals surface area contributed by atoms with Crippen molar-refractivity contribution >= 4 is 38.5 Å². The molecule has 1 aromatic carbocycles. The van der Waals surface area contributed by atoms with E-state index in [1.807, 2.05) is 12.1 Å². The number of benzene rings is 1. The second-order valence-corrected chi connectivity index (χ2v) is 5.63. The summed E-state index contributed by atoms with van der Waals surface area (Å²) in [5, 5.41) is 5.63. The van der Waals surface area contributed by atoms with Gasteiger partial charge in [0.2, 0.25) is 5.91 Å². The number of thiazole rings is 1. The van der Waals surface area contributed by atoms with Crippen molar-refractivity contribution in [3.05, 3.63) is 42.4 Å². The average Bonchev–Trinajstić information content (AvgIpc) is 3.20. The standard InChI is InChI=1S/C15H13N3O4S/c1-21-10-2-3-11-12(6-10)23-15(17-11)18-13(19)7-16-14(20)9-4-5-22-8-9/h2-6,8H,7H2,1H3,(H,16,20)(H,17,18,19). The normalized spacial score (nSPS) is 10.5. The lowest BCUT2D eigenvalue weighted by Gasteiger charge is -2.03. The maximum Gasteiger partial charge on any atom is 0.254 e. The van der Waals surface area contributed by atoms with Crippen LogP contribution in [0.25, 0.3) is 10.2 Å². The van der Waals surface area contributed by atoms with Gasteiger partial charge in [-0.2, -0.15) is 0 Å². The smallest absolute Gasteiger partial charge is 0.254 e. The largest absolute Gasteiger partial charge is 0.497 e. The predicted molar refractivity (Wildman–Crippen MR) is 85.8 cm³/mol. The topological polar surface area (TPSA) is 93.5 Å². The molecule has 0 saturated carbocycles. The molecular formula is C15H13N3O4S. The Bertz CT molecular complexity index is 842. The van der Waals surface area contributed by atoms with Gasteiger partial charge in [0.1, 0.15) is 12.0 Å². The van der Waals surface area contributed by atoms with E-state index < -0.39 is 0 Å². The highest BCUT2D eigenvalue weighted by Gasteiger charge is 2.11. The molecule has 0 spiro atoms. The van der Waals surface area contributed by atoms with Crippen molar-refractivity contribution in [2.75, 3.05) is 19.0 Å². The van der Waals surface area contributed by atoms with Gasteiger partial charge in [0.05, 0.1) is 35.7 Å². The number of amides is 2. The van der Waals surface area contributed by atoms with E-state index in [2.05, 4.69) is 15.6 Å². The van der Waals surface area contributed by atoms with E-state index in [9.17, 15) is 9.59 Å². The molecule has 0 saturated heterocycles. The van der Waals surface area contributed by atoms with Crippen LogP contribution in [-0.2, 0) is 4.79 Å². The monoisotopic (exact) mass is 331 g/mol. The van der Waals surface area contributed by atoms with E-state index in [1.54, 1.807) is 13.2 Å². The molecule has 0 atom stereocenters. The van der Waals surface area contributed by atoms with Gasteiger partial charge in [-0.25, -0.2) is 4.98 Å². The molecule has 2 N–H and O–H groups in total. The molecule has 7 nitrogen and oxygen atoms in total. The Morgan fingerprint density at radius 3 is 2.96 bits per heavy atom. The molecule has 0 unspecified atom stereocenters. The fraction of sp³-hybridized carbons (Fsp3) is 0.133. The number of ether oxygens (including phenoxy) is 1.